The fourth-order valence-corrected chi connectivity index (χ4v) is 3.97. The second-order valence-corrected chi connectivity index (χ2v) is 9.30. The average molecular weight is 465 g/mol. The Bertz CT molecular complexity index is 1120. The number of amides is 1. The number of hydrogen-bond acceptors (Lipinski definition) is 7. The minimum atomic E-state index is -0.809. The Balaban J connectivity index is 1.41. The minimum absolute atomic E-state index is 0.105. The summed E-state index contributed by atoms with van der Waals surface area (Å²) in [5.74, 6) is -0.388. The van der Waals surface area contributed by atoms with Crippen LogP contribution in [-0.4, -0.2) is 42.8 Å². The van der Waals surface area contributed by atoms with Gasteiger partial charge in [0.25, 0.3) is 0 Å². The average Bonchev–Trinajstić information content (AvgIpc) is 3.22. The number of benzene rings is 2. The van der Waals surface area contributed by atoms with E-state index in [1.165, 1.54) is 0 Å². The topological polar surface area (TPSA) is 94.2 Å². The zero-order valence-electron chi connectivity index (χ0n) is 19.5. The molecule has 0 saturated carbocycles. The third kappa shape index (κ3) is 5.57. The Kier molecular flexibility index (Phi) is 6.58. The van der Waals surface area contributed by atoms with Crippen molar-refractivity contribution in [2.75, 3.05) is 18.0 Å². The first kappa shape index (κ1) is 23.4. The van der Waals surface area contributed by atoms with Crippen molar-refractivity contribution in [1.82, 2.24) is 5.32 Å². The van der Waals surface area contributed by atoms with Crippen LogP contribution in [0, 0.1) is 0 Å². The molecule has 0 fully saturated rings. The highest BCUT2D eigenvalue weighted by molar-refractivity contribution is 6.00. The van der Waals surface area contributed by atoms with Crippen molar-refractivity contribution in [1.29, 1.82) is 0 Å². The van der Waals surface area contributed by atoms with Gasteiger partial charge < -0.3 is 24.4 Å². The highest BCUT2D eigenvalue weighted by Crippen LogP contribution is 2.35. The van der Waals surface area contributed by atoms with Crippen LogP contribution in [0.4, 0.5) is 10.5 Å². The summed E-state index contributed by atoms with van der Waals surface area (Å²) in [6, 6.07) is 15.7. The molecule has 1 amide bonds. The number of ether oxygens (including phenoxy) is 3. The molecule has 2 aliphatic heterocycles. The molecule has 0 spiro atoms. The van der Waals surface area contributed by atoms with E-state index in [1.54, 1.807) is 32.9 Å². The quantitative estimate of drug-likeness (QED) is 0.532. The summed E-state index contributed by atoms with van der Waals surface area (Å²) in [4.78, 5) is 39.4. The molecule has 1 N–H and O–H groups in total. The van der Waals surface area contributed by atoms with Crippen molar-refractivity contribution in [3.05, 3.63) is 71.3 Å². The Hall–Kier alpha value is -3.81. The van der Waals surface area contributed by atoms with E-state index in [1.807, 2.05) is 47.4 Å². The Morgan fingerprint density at radius 2 is 1.74 bits per heavy atom. The Labute approximate surface area is 198 Å². The molecule has 0 bridgehead atoms. The molecular weight excluding hydrogens is 436 g/mol. The lowest BCUT2D eigenvalue weighted by Crippen LogP contribution is -2.47. The van der Waals surface area contributed by atoms with E-state index in [2.05, 4.69) is 5.32 Å². The van der Waals surface area contributed by atoms with E-state index in [4.69, 9.17) is 14.2 Å². The second-order valence-electron chi connectivity index (χ2n) is 9.30. The first-order chi connectivity index (χ1) is 16.2. The molecule has 2 aliphatic rings. The number of para-hydroxylation sites is 2. The van der Waals surface area contributed by atoms with E-state index in [0.29, 0.717) is 36.5 Å². The minimum Gasteiger partial charge on any atom is -0.458 e. The number of carbonyl (C=O) groups is 3. The van der Waals surface area contributed by atoms with Crippen LogP contribution in [0.25, 0.3) is 0 Å². The van der Waals surface area contributed by atoms with Gasteiger partial charge in [-0.2, -0.15) is 0 Å². The number of anilines is 1. The molecule has 8 heteroatoms. The summed E-state index contributed by atoms with van der Waals surface area (Å²) in [5.41, 5.74) is 2.39. The second kappa shape index (κ2) is 9.59. The molecule has 8 nitrogen and oxygen atoms in total. The van der Waals surface area contributed by atoms with Crippen molar-refractivity contribution in [2.45, 2.75) is 45.4 Å². The van der Waals surface area contributed by atoms with Crippen molar-refractivity contribution >= 4 is 23.7 Å². The molecular formula is C26H28N2O6. The molecule has 0 radical (unpaired) electrons. The third-order valence-electron chi connectivity index (χ3n) is 5.48. The van der Waals surface area contributed by atoms with Gasteiger partial charge in [-0.15, -0.1) is 0 Å². The van der Waals surface area contributed by atoms with Crippen LogP contribution in [0.15, 0.2) is 65.7 Å². The number of esters is 1. The maximum atomic E-state index is 12.7. The normalized spacial score (nSPS) is 17.7. The zero-order chi connectivity index (χ0) is 24.3. The van der Waals surface area contributed by atoms with E-state index in [0.717, 1.165) is 11.1 Å². The standard InChI is InChI=1S/C26H28N2O6/c1-26(2,3)34-24(30)20-13-18-14-28(15-19(18)23(29)27-20)21-11-7-8-12-22(21)33-25(31)32-16-17-9-5-4-6-10-17/h4-12,20H,13-16H2,1-3H3,(H,27,29). The highest BCUT2D eigenvalue weighted by atomic mass is 16.7. The van der Waals surface area contributed by atoms with Crippen molar-refractivity contribution < 1.29 is 28.6 Å². The molecule has 0 saturated heterocycles. The van der Waals surface area contributed by atoms with Crippen LogP contribution in [-0.2, 0) is 25.7 Å². The smallest absolute Gasteiger partial charge is 0.458 e. The molecule has 1 atom stereocenters. The molecule has 1 unspecified atom stereocenters. The van der Waals surface area contributed by atoms with E-state index in [9.17, 15) is 14.4 Å². The molecule has 178 valence electrons. The third-order valence-corrected chi connectivity index (χ3v) is 5.48. The Morgan fingerprint density at radius 1 is 1.03 bits per heavy atom. The SMILES string of the molecule is CC(C)(C)OC(=O)C1CC2=C(CN(c3ccccc3OC(=O)OCc3ccccc3)C2)C(=O)N1. The van der Waals surface area contributed by atoms with E-state index >= 15 is 0 Å². The van der Waals surface area contributed by atoms with Gasteiger partial charge >= 0.3 is 12.1 Å². The van der Waals surface area contributed by atoms with Gasteiger partial charge in [-0.1, -0.05) is 42.5 Å². The summed E-state index contributed by atoms with van der Waals surface area (Å²) < 4.78 is 16.2. The van der Waals surface area contributed by atoms with E-state index in [-0.39, 0.29) is 12.5 Å². The number of nitrogens with one attached hydrogen (secondary N) is 1. The van der Waals surface area contributed by atoms with Crippen molar-refractivity contribution in [3.63, 3.8) is 0 Å². The van der Waals surface area contributed by atoms with Gasteiger partial charge in [-0.25, -0.2) is 9.59 Å². The van der Waals surface area contributed by atoms with Crippen LogP contribution in [0.5, 0.6) is 5.75 Å². The lowest BCUT2D eigenvalue weighted by atomic mass is 9.97. The largest absolute Gasteiger partial charge is 0.514 e. The van der Waals surface area contributed by atoms with Crippen LogP contribution >= 0.6 is 0 Å². The number of hydrogen-bond donors (Lipinski definition) is 1. The van der Waals surface area contributed by atoms with Gasteiger partial charge in [-0.3, -0.25) is 4.79 Å². The van der Waals surface area contributed by atoms with E-state index < -0.39 is 23.8 Å². The number of nitrogens with zero attached hydrogens (tertiary/aromatic N) is 1. The molecule has 2 aromatic rings. The summed E-state index contributed by atoms with van der Waals surface area (Å²) in [7, 11) is 0. The van der Waals surface area contributed by atoms with Gasteiger partial charge in [-0.05, 0) is 44.0 Å². The fraction of sp³-hybridized carbons (Fsp3) is 0.346. The van der Waals surface area contributed by atoms with Crippen molar-refractivity contribution in [2.24, 2.45) is 0 Å². The van der Waals surface area contributed by atoms with Crippen LogP contribution in [0.1, 0.15) is 32.8 Å². The summed E-state index contributed by atoms with van der Waals surface area (Å²) in [6.07, 6.45) is -0.426. The molecule has 2 heterocycles. The molecule has 2 aromatic carbocycles. The lowest BCUT2D eigenvalue weighted by Gasteiger charge is -2.27. The van der Waals surface area contributed by atoms with Crippen LogP contribution in [0.2, 0.25) is 0 Å². The van der Waals surface area contributed by atoms with Gasteiger partial charge in [0.05, 0.1) is 5.69 Å². The molecule has 34 heavy (non-hydrogen) atoms. The summed E-state index contributed by atoms with van der Waals surface area (Å²) >= 11 is 0. The maximum absolute atomic E-state index is 12.7. The fourth-order valence-electron chi connectivity index (χ4n) is 3.97. The van der Waals surface area contributed by atoms with Gasteiger partial charge in [0.1, 0.15) is 18.2 Å². The van der Waals surface area contributed by atoms with Crippen molar-refractivity contribution in [3.8, 4) is 5.75 Å². The van der Waals surface area contributed by atoms with Crippen LogP contribution < -0.4 is 15.0 Å². The molecule has 4 rings (SSSR count). The lowest BCUT2D eigenvalue weighted by molar-refractivity contribution is -0.158. The summed E-state index contributed by atoms with van der Waals surface area (Å²) in [6.45, 7) is 6.27. The first-order valence-electron chi connectivity index (χ1n) is 11.2. The number of carbonyl (C=O) groups excluding carboxylic acids is 3. The van der Waals surface area contributed by atoms with Crippen LogP contribution in [0.3, 0.4) is 0 Å². The van der Waals surface area contributed by atoms with Gasteiger partial charge in [0.15, 0.2) is 5.75 Å². The Morgan fingerprint density at radius 3 is 2.47 bits per heavy atom. The summed E-state index contributed by atoms with van der Waals surface area (Å²) in [5, 5.41) is 2.76. The molecule has 0 aromatic heterocycles. The van der Waals surface area contributed by atoms with Gasteiger partial charge in [0.2, 0.25) is 5.91 Å². The molecule has 0 aliphatic carbocycles. The monoisotopic (exact) mass is 464 g/mol. The predicted octanol–water partition coefficient (Wildman–Crippen LogP) is 3.75. The number of rotatable bonds is 5. The zero-order valence-corrected chi connectivity index (χ0v) is 19.5. The highest BCUT2D eigenvalue weighted by Gasteiger charge is 2.38. The maximum Gasteiger partial charge on any atom is 0.514 e. The van der Waals surface area contributed by atoms with Gasteiger partial charge in [0, 0.05) is 25.1 Å². The first-order valence-corrected chi connectivity index (χ1v) is 11.2. The predicted molar refractivity (Wildman–Crippen MR) is 125 cm³/mol.